The van der Waals surface area contributed by atoms with Crippen LogP contribution in [0.1, 0.15) is 24.8 Å². The zero-order valence-electron chi connectivity index (χ0n) is 12.2. The molecule has 1 saturated heterocycles. The summed E-state index contributed by atoms with van der Waals surface area (Å²) < 4.78 is 26.0. The van der Waals surface area contributed by atoms with Gasteiger partial charge in [-0.1, -0.05) is 29.8 Å². The summed E-state index contributed by atoms with van der Waals surface area (Å²) in [6.45, 7) is 2.00. The van der Waals surface area contributed by atoms with E-state index in [1.54, 1.807) is 12.1 Å². The van der Waals surface area contributed by atoms with Gasteiger partial charge in [-0.2, -0.15) is 0 Å². The molecule has 1 aromatic heterocycles. The lowest BCUT2D eigenvalue weighted by atomic mass is 10.1. The average molecular weight is 356 g/mol. The van der Waals surface area contributed by atoms with Crippen molar-refractivity contribution in [1.29, 1.82) is 0 Å². The molecule has 0 spiro atoms. The molecule has 0 unspecified atom stereocenters. The van der Waals surface area contributed by atoms with E-state index in [0.717, 1.165) is 35.7 Å². The predicted molar refractivity (Wildman–Crippen MR) is 92.7 cm³/mol. The van der Waals surface area contributed by atoms with Gasteiger partial charge in [0.05, 0.1) is 10.1 Å². The molecule has 118 valence electrons. The minimum Gasteiger partial charge on any atom is -0.371 e. The van der Waals surface area contributed by atoms with Gasteiger partial charge in [-0.3, -0.25) is 0 Å². The standard InChI is InChI=1S/C16H18ClNO2S2/c17-15-8-9-16(21-15)22(19,20)12-13-6-2-3-7-14(13)18-10-4-1-5-11-18/h2-3,6-9H,1,4-5,10-12H2. The van der Waals surface area contributed by atoms with Crippen LogP contribution in [0.4, 0.5) is 5.69 Å². The number of sulfone groups is 1. The summed E-state index contributed by atoms with van der Waals surface area (Å²) in [7, 11) is -3.35. The molecule has 3 rings (SSSR count). The van der Waals surface area contributed by atoms with Crippen molar-refractivity contribution in [3.8, 4) is 0 Å². The molecule has 0 N–H and O–H groups in total. The molecule has 0 atom stereocenters. The fourth-order valence-electron chi connectivity index (χ4n) is 2.82. The number of thiophene rings is 1. The summed E-state index contributed by atoms with van der Waals surface area (Å²) >= 11 is 6.99. The number of halogens is 1. The van der Waals surface area contributed by atoms with Gasteiger partial charge >= 0.3 is 0 Å². The minimum absolute atomic E-state index is 0.0243. The monoisotopic (exact) mass is 355 g/mol. The molecule has 0 saturated carbocycles. The van der Waals surface area contributed by atoms with Crippen molar-refractivity contribution < 1.29 is 8.42 Å². The summed E-state index contributed by atoms with van der Waals surface area (Å²) in [5, 5.41) is 0. The lowest BCUT2D eigenvalue weighted by Gasteiger charge is -2.30. The minimum atomic E-state index is -3.35. The lowest BCUT2D eigenvalue weighted by Crippen LogP contribution is -2.30. The van der Waals surface area contributed by atoms with Gasteiger partial charge < -0.3 is 4.90 Å². The Morgan fingerprint density at radius 2 is 1.77 bits per heavy atom. The van der Waals surface area contributed by atoms with Crippen LogP contribution in [0, 0.1) is 0 Å². The number of hydrogen-bond acceptors (Lipinski definition) is 4. The van der Waals surface area contributed by atoms with Crippen LogP contribution in [-0.2, 0) is 15.6 Å². The van der Waals surface area contributed by atoms with E-state index < -0.39 is 9.84 Å². The second kappa shape index (κ2) is 6.60. The van der Waals surface area contributed by atoms with Crippen LogP contribution in [0.2, 0.25) is 4.34 Å². The Morgan fingerprint density at radius 1 is 1.05 bits per heavy atom. The van der Waals surface area contributed by atoms with E-state index in [9.17, 15) is 8.42 Å². The zero-order valence-corrected chi connectivity index (χ0v) is 14.6. The molecule has 1 aromatic carbocycles. The van der Waals surface area contributed by atoms with Gasteiger partial charge in [-0.25, -0.2) is 8.42 Å². The fourth-order valence-corrected chi connectivity index (χ4v) is 5.76. The maximum atomic E-state index is 12.6. The molecule has 3 nitrogen and oxygen atoms in total. The first kappa shape index (κ1) is 15.8. The Kier molecular flexibility index (Phi) is 4.76. The third-order valence-corrected chi connectivity index (χ3v) is 7.37. The second-order valence-corrected chi connectivity index (χ2v) is 9.43. The highest BCUT2D eigenvalue weighted by Crippen LogP contribution is 2.31. The highest BCUT2D eigenvalue weighted by atomic mass is 35.5. The predicted octanol–water partition coefficient (Wildman–Crippen LogP) is 4.37. The first-order chi connectivity index (χ1) is 10.6. The second-order valence-electron chi connectivity index (χ2n) is 5.49. The van der Waals surface area contributed by atoms with Crippen LogP contribution in [0.5, 0.6) is 0 Å². The van der Waals surface area contributed by atoms with Crippen LogP contribution >= 0.6 is 22.9 Å². The molecule has 0 bridgehead atoms. The number of benzene rings is 1. The van der Waals surface area contributed by atoms with Crippen LogP contribution in [0.25, 0.3) is 0 Å². The molecule has 2 aromatic rings. The third kappa shape index (κ3) is 3.47. The van der Waals surface area contributed by atoms with Gasteiger partial charge in [0.25, 0.3) is 0 Å². The maximum absolute atomic E-state index is 12.6. The summed E-state index contributed by atoms with van der Waals surface area (Å²) in [6, 6.07) is 11.0. The van der Waals surface area contributed by atoms with Crippen LogP contribution in [0.15, 0.2) is 40.6 Å². The van der Waals surface area contributed by atoms with Crippen LogP contribution < -0.4 is 4.90 Å². The molecule has 1 fully saturated rings. The SMILES string of the molecule is O=S(=O)(Cc1ccccc1N1CCCCC1)c1ccc(Cl)s1. The van der Waals surface area contributed by atoms with Gasteiger partial charge in [0.1, 0.15) is 4.21 Å². The van der Waals surface area contributed by atoms with E-state index in [0.29, 0.717) is 8.55 Å². The van der Waals surface area contributed by atoms with Crippen molar-refractivity contribution in [1.82, 2.24) is 0 Å². The van der Waals surface area contributed by atoms with Gasteiger partial charge in [-0.15, -0.1) is 11.3 Å². The van der Waals surface area contributed by atoms with Crippen molar-refractivity contribution in [3.05, 3.63) is 46.3 Å². The molecular weight excluding hydrogens is 338 g/mol. The lowest BCUT2D eigenvalue weighted by molar-refractivity contribution is 0.576. The Hall–Kier alpha value is -1.04. The van der Waals surface area contributed by atoms with Crippen LogP contribution in [-0.4, -0.2) is 21.5 Å². The normalized spacial score (nSPS) is 16.0. The van der Waals surface area contributed by atoms with Crippen molar-refractivity contribution >= 4 is 38.5 Å². The summed E-state index contributed by atoms with van der Waals surface area (Å²) in [5.41, 5.74) is 1.92. The molecule has 0 amide bonds. The quantitative estimate of drug-likeness (QED) is 0.817. The molecule has 0 radical (unpaired) electrons. The van der Waals surface area contributed by atoms with E-state index in [1.807, 2.05) is 24.3 Å². The smallest absolute Gasteiger partial charge is 0.191 e. The van der Waals surface area contributed by atoms with Gasteiger partial charge in [0.15, 0.2) is 9.84 Å². The number of anilines is 1. The Labute approximate surface area is 140 Å². The summed E-state index contributed by atoms with van der Waals surface area (Å²) in [6.07, 6.45) is 3.59. The fraction of sp³-hybridized carbons (Fsp3) is 0.375. The van der Waals surface area contributed by atoms with E-state index >= 15 is 0 Å². The molecule has 22 heavy (non-hydrogen) atoms. The van der Waals surface area contributed by atoms with Crippen molar-refractivity contribution in [3.63, 3.8) is 0 Å². The number of para-hydroxylation sites is 1. The van der Waals surface area contributed by atoms with E-state index in [4.69, 9.17) is 11.6 Å². The molecule has 2 heterocycles. The zero-order chi connectivity index (χ0) is 15.6. The molecule has 0 aliphatic carbocycles. The Morgan fingerprint density at radius 3 is 2.45 bits per heavy atom. The Balaban J connectivity index is 1.89. The highest BCUT2D eigenvalue weighted by Gasteiger charge is 2.21. The Bertz CT molecular complexity index is 749. The van der Waals surface area contributed by atoms with E-state index in [1.165, 1.54) is 19.3 Å². The maximum Gasteiger partial charge on any atom is 0.191 e. The van der Waals surface area contributed by atoms with E-state index in [2.05, 4.69) is 4.90 Å². The first-order valence-corrected chi connectivity index (χ1v) is 10.2. The van der Waals surface area contributed by atoms with Crippen molar-refractivity contribution in [2.24, 2.45) is 0 Å². The van der Waals surface area contributed by atoms with Gasteiger partial charge in [-0.05, 0) is 43.0 Å². The number of nitrogens with zero attached hydrogens (tertiary/aromatic N) is 1. The van der Waals surface area contributed by atoms with Crippen molar-refractivity contribution in [2.75, 3.05) is 18.0 Å². The van der Waals surface area contributed by atoms with E-state index in [-0.39, 0.29) is 5.75 Å². The molecular formula is C16H18ClNO2S2. The third-order valence-electron chi connectivity index (χ3n) is 3.89. The van der Waals surface area contributed by atoms with Crippen LogP contribution in [0.3, 0.4) is 0 Å². The van der Waals surface area contributed by atoms with Gasteiger partial charge in [0, 0.05) is 18.8 Å². The number of piperidine rings is 1. The van der Waals surface area contributed by atoms with Gasteiger partial charge in [0.2, 0.25) is 0 Å². The first-order valence-electron chi connectivity index (χ1n) is 7.37. The topological polar surface area (TPSA) is 37.4 Å². The largest absolute Gasteiger partial charge is 0.371 e. The molecule has 6 heteroatoms. The average Bonchev–Trinajstić information content (AvgIpc) is 2.96. The molecule has 1 aliphatic rings. The highest BCUT2D eigenvalue weighted by molar-refractivity contribution is 7.92. The summed E-state index contributed by atoms with van der Waals surface area (Å²) in [4.78, 5) is 2.30. The number of rotatable bonds is 4. The number of hydrogen-bond donors (Lipinski definition) is 0. The summed E-state index contributed by atoms with van der Waals surface area (Å²) in [5.74, 6) is 0.0243. The molecule has 1 aliphatic heterocycles. The van der Waals surface area contributed by atoms with Crippen molar-refractivity contribution in [2.45, 2.75) is 29.2 Å².